The number of aliphatic hydroxyl groups is 2. The average Bonchev–Trinajstić information content (AvgIpc) is 2.96. The first-order valence-corrected chi connectivity index (χ1v) is 6.61. The Morgan fingerprint density at radius 3 is 3.14 bits per heavy atom. The van der Waals surface area contributed by atoms with Crippen LogP contribution in [0.15, 0.2) is 17.4 Å². The van der Waals surface area contributed by atoms with Gasteiger partial charge in [-0.2, -0.15) is 0 Å². The predicted octanol–water partition coefficient (Wildman–Crippen LogP) is -1.61. The van der Waals surface area contributed by atoms with Gasteiger partial charge in [0.05, 0.1) is 44.5 Å². The van der Waals surface area contributed by atoms with Crippen molar-refractivity contribution in [2.75, 3.05) is 19.8 Å². The largest absolute Gasteiger partial charge is 0.393 e. The third-order valence-corrected chi connectivity index (χ3v) is 4.23. The van der Waals surface area contributed by atoms with Crippen molar-refractivity contribution in [3.05, 3.63) is 23.0 Å². The highest BCUT2D eigenvalue weighted by atomic mass is 16.6. The van der Waals surface area contributed by atoms with Crippen LogP contribution < -0.4 is 5.56 Å². The SMILES string of the molecule is O=c1[nH]cnc2c1ncn2[C@H]1O[C@@]2(CO)COC[C@@H]1[C@@H]2O. The fourth-order valence-corrected chi connectivity index (χ4v) is 3.09. The Kier molecular flexibility index (Phi) is 2.67. The summed E-state index contributed by atoms with van der Waals surface area (Å²) >= 11 is 0. The molecular formula is C12H14N4O5. The van der Waals surface area contributed by atoms with Gasteiger partial charge in [0.15, 0.2) is 11.2 Å². The average molecular weight is 294 g/mol. The summed E-state index contributed by atoms with van der Waals surface area (Å²) in [5.74, 6) is -0.357. The fourth-order valence-electron chi connectivity index (χ4n) is 3.09. The molecule has 2 aromatic rings. The summed E-state index contributed by atoms with van der Waals surface area (Å²) in [5.41, 5.74) is -0.897. The highest BCUT2D eigenvalue weighted by Crippen LogP contribution is 2.45. The Balaban J connectivity index is 1.83. The van der Waals surface area contributed by atoms with E-state index in [1.165, 1.54) is 12.7 Å². The van der Waals surface area contributed by atoms with E-state index in [-0.39, 0.29) is 30.2 Å². The summed E-state index contributed by atoms with van der Waals surface area (Å²) in [6.07, 6.45) is 1.31. The van der Waals surface area contributed by atoms with Crippen LogP contribution in [0, 0.1) is 5.92 Å². The number of aliphatic hydroxyl groups excluding tert-OH is 2. The number of imidazole rings is 1. The van der Waals surface area contributed by atoms with E-state index >= 15 is 0 Å². The van der Waals surface area contributed by atoms with Crippen LogP contribution in [0.25, 0.3) is 11.2 Å². The number of ether oxygens (including phenoxy) is 2. The zero-order valence-electron chi connectivity index (χ0n) is 11.0. The highest BCUT2D eigenvalue weighted by molar-refractivity contribution is 5.68. The number of rotatable bonds is 2. The Hall–Kier alpha value is -1.81. The van der Waals surface area contributed by atoms with E-state index in [4.69, 9.17) is 9.47 Å². The molecule has 4 atom stereocenters. The first kappa shape index (κ1) is 12.9. The summed E-state index contributed by atoms with van der Waals surface area (Å²) in [7, 11) is 0. The molecule has 0 unspecified atom stereocenters. The standard InChI is InChI=1S/C12H14N4O5/c17-2-12-3-20-1-6(8(12)18)11(21-12)16-5-15-7-9(16)13-4-14-10(7)19/h4-6,8,11,17-18H,1-3H2,(H,13,14,19)/t6-,8+,11+,12+/m1/s1. The molecule has 9 heteroatoms. The van der Waals surface area contributed by atoms with E-state index in [1.807, 2.05) is 0 Å². The van der Waals surface area contributed by atoms with Gasteiger partial charge in [-0.05, 0) is 0 Å². The van der Waals surface area contributed by atoms with Gasteiger partial charge in [0.1, 0.15) is 11.8 Å². The van der Waals surface area contributed by atoms with Crippen molar-refractivity contribution in [3.63, 3.8) is 0 Å². The zero-order valence-corrected chi connectivity index (χ0v) is 11.0. The van der Waals surface area contributed by atoms with Gasteiger partial charge in [-0.15, -0.1) is 0 Å². The van der Waals surface area contributed by atoms with Gasteiger partial charge >= 0.3 is 0 Å². The fraction of sp³-hybridized carbons (Fsp3) is 0.583. The molecule has 4 rings (SSSR count). The number of H-pyrrole nitrogens is 1. The van der Waals surface area contributed by atoms with E-state index in [2.05, 4.69) is 15.0 Å². The quantitative estimate of drug-likeness (QED) is 0.608. The van der Waals surface area contributed by atoms with Gasteiger partial charge < -0.3 is 24.7 Å². The van der Waals surface area contributed by atoms with Crippen LogP contribution >= 0.6 is 0 Å². The van der Waals surface area contributed by atoms with Crippen molar-refractivity contribution in [1.29, 1.82) is 0 Å². The lowest BCUT2D eigenvalue weighted by atomic mass is 9.89. The smallest absolute Gasteiger partial charge is 0.278 e. The number of hydrogen-bond donors (Lipinski definition) is 3. The molecule has 112 valence electrons. The van der Waals surface area contributed by atoms with Gasteiger partial charge in [-0.3, -0.25) is 9.36 Å². The molecule has 2 aromatic heterocycles. The Morgan fingerprint density at radius 2 is 2.38 bits per heavy atom. The number of aromatic nitrogens is 4. The Labute approximate surface area is 118 Å². The minimum absolute atomic E-state index is 0.123. The van der Waals surface area contributed by atoms with Crippen molar-refractivity contribution >= 4 is 11.2 Å². The minimum Gasteiger partial charge on any atom is -0.393 e. The molecule has 21 heavy (non-hydrogen) atoms. The van der Waals surface area contributed by atoms with Crippen LogP contribution in [0.3, 0.4) is 0 Å². The minimum atomic E-state index is -1.13. The molecule has 0 aliphatic carbocycles. The molecule has 0 spiro atoms. The molecule has 2 aliphatic heterocycles. The third-order valence-electron chi connectivity index (χ3n) is 4.23. The van der Waals surface area contributed by atoms with Crippen molar-refractivity contribution < 1.29 is 19.7 Å². The second kappa shape index (κ2) is 4.34. The Morgan fingerprint density at radius 1 is 1.52 bits per heavy atom. The molecule has 9 nitrogen and oxygen atoms in total. The summed E-state index contributed by atoms with van der Waals surface area (Å²) in [4.78, 5) is 22.3. The number of nitrogens with zero attached hydrogens (tertiary/aromatic N) is 3. The van der Waals surface area contributed by atoms with Crippen LogP contribution in [0.4, 0.5) is 0 Å². The van der Waals surface area contributed by atoms with Crippen LogP contribution in [-0.4, -0.2) is 61.3 Å². The molecule has 0 radical (unpaired) electrons. The van der Waals surface area contributed by atoms with Crippen LogP contribution in [-0.2, 0) is 9.47 Å². The van der Waals surface area contributed by atoms with Gasteiger partial charge in [-0.1, -0.05) is 0 Å². The number of nitrogens with one attached hydrogen (secondary N) is 1. The summed E-state index contributed by atoms with van der Waals surface area (Å²) in [6.45, 7) is 0.0799. The molecule has 2 fully saturated rings. The van der Waals surface area contributed by atoms with Gasteiger partial charge in [0.25, 0.3) is 5.56 Å². The lowest BCUT2D eigenvalue weighted by Crippen LogP contribution is -2.52. The molecule has 0 saturated carbocycles. The number of aromatic amines is 1. The molecule has 2 saturated heterocycles. The van der Waals surface area contributed by atoms with E-state index in [1.54, 1.807) is 4.57 Å². The van der Waals surface area contributed by atoms with Crippen molar-refractivity contribution in [2.24, 2.45) is 5.92 Å². The van der Waals surface area contributed by atoms with E-state index < -0.39 is 17.9 Å². The Bertz CT molecular complexity index is 743. The van der Waals surface area contributed by atoms with E-state index in [0.717, 1.165) is 0 Å². The molecule has 0 aromatic carbocycles. The van der Waals surface area contributed by atoms with E-state index in [9.17, 15) is 15.0 Å². The molecule has 2 bridgehead atoms. The lowest BCUT2D eigenvalue weighted by Gasteiger charge is -2.33. The van der Waals surface area contributed by atoms with Crippen molar-refractivity contribution in [1.82, 2.24) is 19.5 Å². The van der Waals surface area contributed by atoms with Crippen LogP contribution in [0.5, 0.6) is 0 Å². The zero-order chi connectivity index (χ0) is 14.6. The first-order chi connectivity index (χ1) is 10.2. The molecule has 0 amide bonds. The topological polar surface area (TPSA) is 122 Å². The highest BCUT2D eigenvalue weighted by Gasteiger charge is 2.58. The molecule has 3 N–H and O–H groups in total. The molecule has 2 aliphatic rings. The second-order valence-corrected chi connectivity index (χ2v) is 5.41. The first-order valence-electron chi connectivity index (χ1n) is 6.61. The van der Waals surface area contributed by atoms with Crippen LogP contribution in [0.1, 0.15) is 6.23 Å². The summed E-state index contributed by atoms with van der Waals surface area (Å²) in [5, 5.41) is 19.9. The summed E-state index contributed by atoms with van der Waals surface area (Å²) < 4.78 is 12.9. The monoisotopic (exact) mass is 294 g/mol. The van der Waals surface area contributed by atoms with Crippen LogP contribution in [0.2, 0.25) is 0 Å². The van der Waals surface area contributed by atoms with Crippen molar-refractivity contribution in [2.45, 2.75) is 17.9 Å². The molecule has 4 heterocycles. The van der Waals surface area contributed by atoms with E-state index in [0.29, 0.717) is 12.3 Å². The van der Waals surface area contributed by atoms with Gasteiger partial charge in [-0.25, -0.2) is 9.97 Å². The lowest BCUT2D eigenvalue weighted by molar-refractivity contribution is -0.163. The van der Waals surface area contributed by atoms with Gasteiger partial charge in [0.2, 0.25) is 0 Å². The number of fused-ring (bicyclic) bond motifs is 3. The molecular weight excluding hydrogens is 280 g/mol. The summed E-state index contributed by atoms with van der Waals surface area (Å²) in [6, 6.07) is 0. The predicted molar refractivity (Wildman–Crippen MR) is 68.4 cm³/mol. The second-order valence-electron chi connectivity index (χ2n) is 5.41. The maximum absolute atomic E-state index is 11.7. The van der Waals surface area contributed by atoms with Gasteiger partial charge in [0, 0.05) is 0 Å². The number of hydrogen-bond acceptors (Lipinski definition) is 7. The normalized spacial score (nSPS) is 35.4. The van der Waals surface area contributed by atoms with Crippen molar-refractivity contribution in [3.8, 4) is 0 Å². The maximum atomic E-state index is 11.7. The third kappa shape index (κ3) is 1.62. The maximum Gasteiger partial charge on any atom is 0.278 e.